The molecule has 1 heterocycles. The normalized spacial score (nSPS) is 23.2. The number of aromatic nitrogens is 2. The quantitative estimate of drug-likeness (QED) is 0.873. The van der Waals surface area contributed by atoms with E-state index in [1.54, 1.807) is 7.11 Å². The van der Waals surface area contributed by atoms with Crippen LogP contribution in [0.3, 0.4) is 0 Å². The zero-order chi connectivity index (χ0) is 13.8. The van der Waals surface area contributed by atoms with Crippen LogP contribution < -0.4 is 5.32 Å². The van der Waals surface area contributed by atoms with Crippen molar-refractivity contribution in [3.05, 3.63) is 16.4 Å². The maximum atomic E-state index is 6.41. The molecule has 2 unspecified atom stereocenters. The lowest BCUT2D eigenvalue weighted by Gasteiger charge is -2.20. The Morgan fingerprint density at radius 2 is 2.21 bits per heavy atom. The average Bonchev–Trinajstić information content (AvgIpc) is 3.00. The molecule has 1 aromatic heterocycles. The van der Waals surface area contributed by atoms with Gasteiger partial charge in [-0.3, -0.25) is 4.68 Å². The summed E-state index contributed by atoms with van der Waals surface area (Å²) in [4.78, 5) is 0. The van der Waals surface area contributed by atoms with E-state index in [0.29, 0.717) is 12.1 Å². The molecule has 1 fully saturated rings. The smallest absolute Gasteiger partial charge is 0.0863 e. The molecule has 1 aliphatic carbocycles. The number of aryl methyl sites for hydroxylation is 2. The Labute approximate surface area is 120 Å². The molecular weight excluding hydrogens is 262 g/mol. The standard InChI is InChI=1S/C14H24ClN3O/c1-4-10-14(15)12(18(5-2)17-10)9-16-11-7-6-8-13(11)19-3/h11,13,16H,4-9H2,1-3H3. The van der Waals surface area contributed by atoms with Gasteiger partial charge in [-0.1, -0.05) is 18.5 Å². The fraction of sp³-hybridized carbons (Fsp3) is 0.786. The number of nitrogens with one attached hydrogen (secondary N) is 1. The fourth-order valence-corrected chi connectivity index (χ4v) is 3.19. The number of hydrogen-bond donors (Lipinski definition) is 1. The minimum Gasteiger partial charge on any atom is -0.380 e. The highest BCUT2D eigenvalue weighted by Gasteiger charge is 2.27. The highest BCUT2D eigenvalue weighted by atomic mass is 35.5. The van der Waals surface area contributed by atoms with Crippen molar-refractivity contribution in [2.24, 2.45) is 0 Å². The molecule has 0 spiro atoms. The summed E-state index contributed by atoms with van der Waals surface area (Å²) < 4.78 is 7.51. The molecule has 2 atom stereocenters. The highest BCUT2D eigenvalue weighted by Crippen LogP contribution is 2.24. The van der Waals surface area contributed by atoms with Gasteiger partial charge in [-0.15, -0.1) is 0 Å². The van der Waals surface area contributed by atoms with Gasteiger partial charge in [0.15, 0.2) is 0 Å². The molecular formula is C14H24ClN3O. The van der Waals surface area contributed by atoms with Gasteiger partial charge in [-0.2, -0.15) is 5.10 Å². The van der Waals surface area contributed by atoms with E-state index in [-0.39, 0.29) is 0 Å². The number of methoxy groups -OCH3 is 1. The number of ether oxygens (including phenoxy) is 1. The molecule has 4 nitrogen and oxygen atoms in total. The van der Waals surface area contributed by atoms with Crippen molar-refractivity contribution in [1.29, 1.82) is 0 Å². The van der Waals surface area contributed by atoms with Crippen LogP contribution >= 0.6 is 11.6 Å². The molecule has 0 aromatic carbocycles. The molecule has 19 heavy (non-hydrogen) atoms. The number of nitrogens with zero attached hydrogens (tertiary/aromatic N) is 2. The van der Waals surface area contributed by atoms with Crippen LogP contribution in [-0.2, 0) is 24.2 Å². The molecule has 5 heteroatoms. The molecule has 0 saturated heterocycles. The fourth-order valence-electron chi connectivity index (χ4n) is 2.86. The lowest BCUT2D eigenvalue weighted by atomic mass is 10.2. The topological polar surface area (TPSA) is 39.1 Å². The minimum atomic E-state index is 0.336. The van der Waals surface area contributed by atoms with Crippen LogP contribution in [0.2, 0.25) is 5.02 Å². The van der Waals surface area contributed by atoms with Crippen LogP contribution in [0.1, 0.15) is 44.5 Å². The molecule has 1 aliphatic rings. The summed E-state index contributed by atoms with van der Waals surface area (Å²) in [5.74, 6) is 0. The van der Waals surface area contributed by atoms with E-state index in [1.807, 2.05) is 4.68 Å². The zero-order valence-electron chi connectivity index (χ0n) is 12.1. The molecule has 1 saturated carbocycles. The van der Waals surface area contributed by atoms with E-state index in [1.165, 1.54) is 12.8 Å². The predicted octanol–water partition coefficient (Wildman–Crippen LogP) is 2.78. The average molecular weight is 286 g/mol. The largest absolute Gasteiger partial charge is 0.380 e. The van der Waals surface area contributed by atoms with Gasteiger partial charge in [0.1, 0.15) is 0 Å². The first-order valence-corrected chi connectivity index (χ1v) is 7.59. The van der Waals surface area contributed by atoms with E-state index in [2.05, 4.69) is 24.3 Å². The third kappa shape index (κ3) is 3.12. The molecule has 0 radical (unpaired) electrons. The molecule has 108 valence electrons. The van der Waals surface area contributed by atoms with Crippen molar-refractivity contribution in [2.75, 3.05) is 7.11 Å². The molecule has 2 rings (SSSR count). The van der Waals surface area contributed by atoms with Gasteiger partial charge in [0.2, 0.25) is 0 Å². The van der Waals surface area contributed by atoms with Crippen LogP contribution in [0.4, 0.5) is 0 Å². The van der Waals surface area contributed by atoms with Crippen LogP contribution in [-0.4, -0.2) is 29.0 Å². The summed E-state index contributed by atoms with van der Waals surface area (Å²) in [7, 11) is 1.79. The lowest BCUT2D eigenvalue weighted by molar-refractivity contribution is 0.0845. The summed E-state index contributed by atoms with van der Waals surface area (Å²) >= 11 is 6.41. The zero-order valence-corrected chi connectivity index (χ0v) is 12.8. The van der Waals surface area contributed by atoms with Crippen molar-refractivity contribution in [3.63, 3.8) is 0 Å². The van der Waals surface area contributed by atoms with Gasteiger partial charge in [-0.25, -0.2) is 0 Å². The van der Waals surface area contributed by atoms with Crippen LogP contribution in [0.25, 0.3) is 0 Å². The summed E-state index contributed by atoms with van der Waals surface area (Å²) in [6.07, 6.45) is 4.77. The SMILES string of the molecule is CCc1nn(CC)c(CNC2CCCC2OC)c1Cl. The number of hydrogen-bond acceptors (Lipinski definition) is 3. The van der Waals surface area contributed by atoms with Gasteiger partial charge >= 0.3 is 0 Å². The second-order valence-corrected chi connectivity index (χ2v) is 5.45. The second kappa shape index (κ2) is 6.73. The highest BCUT2D eigenvalue weighted by molar-refractivity contribution is 6.31. The molecule has 0 bridgehead atoms. The van der Waals surface area contributed by atoms with Crippen molar-refractivity contribution >= 4 is 11.6 Å². The van der Waals surface area contributed by atoms with E-state index in [0.717, 1.165) is 42.3 Å². The third-order valence-electron chi connectivity index (χ3n) is 3.98. The number of rotatable bonds is 6. The summed E-state index contributed by atoms with van der Waals surface area (Å²) in [5.41, 5.74) is 2.10. The van der Waals surface area contributed by atoms with Crippen molar-refractivity contribution in [2.45, 2.75) is 64.8 Å². The van der Waals surface area contributed by atoms with E-state index in [9.17, 15) is 0 Å². The first-order chi connectivity index (χ1) is 9.21. The predicted molar refractivity (Wildman–Crippen MR) is 77.6 cm³/mol. The van der Waals surface area contributed by atoms with Gasteiger partial charge in [-0.05, 0) is 32.6 Å². The monoisotopic (exact) mass is 285 g/mol. The maximum absolute atomic E-state index is 6.41. The summed E-state index contributed by atoms with van der Waals surface area (Å²) in [5, 5.41) is 8.95. The van der Waals surface area contributed by atoms with E-state index >= 15 is 0 Å². The van der Waals surface area contributed by atoms with Crippen LogP contribution in [0, 0.1) is 0 Å². The van der Waals surface area contributed by atoms with Crippen molar-refractivity contribution < 1.29 is 4.74 Å². The summed E-state index contributed by atoms with van der Waals surface area (Å²) in [6, 6.07) is 0.436. The first kappa shape index (κ1) is 14.8. The number of halogens is 1. The van der Waals surface area contributed by atoms with Gasteiger partial charge in [0.25, 0.3) is 0 Å². The van der Waals surface area contributed by atoms with E-state index < -0.39 is 0 Å². The van der Waals surface area contributed by atoms with Crippen molar-refractivity contribution in [1.82, 2.24) is 15.1 Å². The Morgan fingerprint density at radius 1 is 1.42 bits per heavy atom. The van der Waals surface area contributed by atoms with Crippen LogP contribution in [0.15, 0.2) is 0 Å². The Kier molecular flexibility index (Phi) is 5.25. The maximum Gasteiger partial charge on any atom is 0.0863 e. The first-order valence-electron chi connectivity index (χ1n) is 7.21. The molecule has 0 aliphatic heterocycles. The second-order valence-electron chi connectivity index (χ2n) is 5.07. The lowest BCUT2D eigenvalue weighted by Crippen LogP contribution is -2.36. The van der Waals surface area contributed by atoms with Crippen molar-refractivity contribution in [3.8, 4) is 0 Å². The van der Waals surface area contributed by atoms with Crippen LogP contribution in [0.5, 0.6) is 0 Å². The molecule has 1 N–H and O–H groups in total. The molecule has 0 amide bonds. The Hall–Kier alpha value is -0.580. The summed E-state index contributed by atoms with van der Waals surface area (Å²) in [6.45, 7) is 5.81. The molecule has 1 aromatic rings. The Morgan fingerprint density at radius 3 is 2.84 bits per heavy atom. The van der Waals surface area contributed by atoms with Gasteiger partial charge < -0.3 is 10.1 Å². The Bertz CT molecular complexity index is 419. The Balaban J connectivity index is 2.04. The van der Waals surface area contributed by atoms with Gasteiger partial charge in [0, 0.05) is 26.2 Å². The van der Waals surface area contributed by atoms with Gasteiger partial charge in [0.05, 0.1) is 22.5 Å². The van der Waals surface area contributed by atoms with E-state index in [4.69, 9.17) is 16.3 Å². The third-order valence-corrected chi connectivity index (χ3v) is 4.42. The minimum absolute atomic E-state index is 0.336.